The van der Waals surface area contributed by atoms with Crippen molar-refractivity contribution >= 4 is 5.97 Å². The minimum Gasteiger partial charge on any atom is -0.493 e. The van der Waals surface area contributed by atoms with Gasteiger partial charge in [0.2, 0.25) is 0 Å². The number of benzene rings is 1. The average Bonchev–Trinajstić information content (AvgIpc) is 2.38. The van der Waals surface area contributed by atoms with E-state index in [2.05, 4.69) is 17.0 Å². The third kappa shape index (κ3) is 6.20. The fourth-order valence-electron chi connectivity index (χ4n) is 1.57. The van der Waals surface area contributed by atoms with Gasteiger partial charge in [0.25, 0.3) is 0 Å². The molecule has 1 N–H and O–H groups in total. The van der Waals surface area contributed by atoms with Crippen LogP contribution in [0.2, 0.25) is 0 Å². The smallest absolute Gasteiger partial charge is 0.308 e. The number of nitrogens with one attached hydrogen (secondary N) is 1. The summed E-state index contributed by atoms with van der Waals surface area (Å²) in [5, 5.41) is 3.19. The number of hydrogen-bond donors (Lipinski definition) is 1. The summed E-state index contributed by atoms with van der Waals surface area (Å²) in [6.45, 7) is 3.73. The molecule has 0 spiro atoms. The van der Waals surface area contributed by atoms with Crippen molar-refractivity contribution in [2.45, 2.75) is 26.3 Å². The Morgan fingerprint density at radius 2 is 2.16 bits per heavy atom. The normalized spacial score (nSPS) is 10.3. The number of halogens is 1. The van der Waals surface area contributed by atoms with Gasteiger partial charge in [0.1, 0.15) is 11.6 Å². The number of hydrogen-bond acceptors (Lipinski definition) is 4. The van der Waals surface area contributed by atoms with Gasteiger partial charge in [-0.25, -0.2) is 4.39 Å². The number of carbonyl (C=O) groups excluding carboxylic acids is 1. The van der Waals surface area contributed by atoms with Crippen LogP contribution in [-0.2, 0) is 16.1 Å². The SMILES string of the molecule is CCCNCc1cc(F)cc(OCCC(=O)OC)c1. The van der Waals surface area contributed by atoms with Gasteiger partial charge >= 0.3 is 5.97 Å². The molecule has 1 aromatic rings. The van der Waals surface area contributed by atoms with Gasteiger partial charge in [0.15, 0.2) is 0 Å². The Bertz CT molecular complexity index is 410. The van der Waals surface area contributed by atoms with Gasteiger partial charge in [-0.15, -0.1) is 0 Å². The lowest BCUT2D eigenvalue weighted by atomic mass is 10.2. The number of ether oxygens (including phenoxy) is 2. The Kier molecular flexibility index (Phi) is 6.89. The Morgan fingerprint density at radius 1 is 1.37 bits per heavy atom. The Labute approximate surface area is 112 Å². The summed E-state index contributed by atoms with van der Waals surface area (Å²) in [6, 6.07) is 4.54. The molecule has 0 saturated heterocycles. The minimum absolute atomic E-state index is 0.149. The van der Waals surface area contributed by atoms with Crippen LogP contribution in [0.15, 0.2) is 18.2 Å². The van der Waals surface area contributed by atoms with E-state index >= 15 is 0 Å². The zero-order valence-electron chi connectivity index (χ0n) is 11.4. The standard InChI is InChI=1S/C14H20FNO3/c1-3-5-16-10-11-7-12(15)9-13(8-11)19-6-4-14(17)18-2/h7-9,16H,3-6,10H2,1-2H3. The second-order valence-electron chi connectivity index (χ2n) is 4.15. The molecule has 4 nitrogen and oxygen atoms in total. The zero-order valence-corrected chi connectivity index (χ0v) is 11.4. The van der Waals surface area contributed by atoms with E-state index < -0.39 is 0 Å². The molecule has 106 valence electrons. The minimum atomic E-state index is -0.346. The first kappa shape index (κ1) is 15.4. The molecule has 0 heterocycles. The van der Waals surface area contributed by atoms with Crippen LogP contribution < -0.4 is 10.1 Å². The van der Waals surface area contributed by atoms with E-state index in [1.165, 1.54) is 19.2 Å². The summed E-state index contributed by atoms with van der Waals surface area (Å²) in [7, 11) is 1.32. The van der Waals surface area contributed by atoms with Crippen molar-refractivity contribution in [1.29, 1.82) is 0 Å². The highest BCUT2D eigenvalue weighted by Crippen LogP contribution is 2.16. The van der Waals surface area contributed by atoms with E-state index in [1.54, 1.807) is 6.07 Å². The van der Waals surface area contributed by atoms with Crippen molar-refractivity contribution in [2.24, 2.45) is 0 Å². The van der Waals surface area contributed by atoms with Crippen molar-refractivity contribution in [3.05, 3.63) is 29.6 Å². The van der Waals surface area contributed by atoms with Gasteiger partial charge in [0.05, 0.1) is 20.1 Å². The molecule has 1 rings (SSSR count). The number of carbonyl (C=O) groups is 1. The van der Waals surface area contributed by atoms with Crippen molar-refractivity contribution in [3.63, 3.8) is 0 Å². The maximum Gasteiger partial charge on any atom is 0.308 e. The largest absolute Gasteiger partial charge is 0.493 e. The number of esters is 1. The fraction of sp³-hybridized carbons (Fsp3) is 0.500. The molecule has 19 heavy (non-hydrogen) atoms. The van der Waals surface area contributed by atoms with E-state index in [4.69, 9.17) is 4.74 Å². The highest BCUT2D eigenvalue weighted by atomic mass is 19.1. The highest BCUT2D eigenvalue weighted by Gasteiger charge is 2.04. The van der Waals surface area contributed by atoms with Crippen LogP contribution in [0.4, 0.5) is 4.39 Å². The summed E-state index contributed by atoms with van der Waals surface area (Å²) in [5.41, 5.74) is 0.821. The van der Waals surface area contributed by atoms with E-state index in [0.717, 1.165) is 18.5 Å². The third-order valence-electron chi connectivity index (χ3n) is 2.49. The van der Waals surface area contributed by atoms with Crippen molar-refractivity contribution in [1.82, 2.24) is 5.32 Å². The monoisotopic (exact) mass is 269 g/mol. The van der Waals surface area contributed by atoms with Crippen molar-refractivity contribution in [2.75, 3.05) is 20.3 Å². The van der Waals surface area contributed by atoms with E-state index in [0.29, 0.717) is 12.3 Å². The van der Waals surface area contributed by atoms with Crippen molar-refractivity contribution < 1.29 is 18.7 Å². The maximum atomic E-state index is 13.4. The first-order valence-electron chi connectivity index (χ1n) is 6.35. The first-order chi connectivity index (χ1) is 9.15. The molecule has 0 saturated carbocycles. The lowest BCUT2D eigenvalue weighted by Gasteiger charge is -2.09. The molecule has 0 aliphatic heterocycles. The van der Waals surface area contributed by atoms with E-state index in [-0.39, 0.29) is 24.8 Å². The van der Waals surface area contributed by atoms with E-state index in [1.807, 2.05) is 0 Å². The summed E-state index contributed by atoms with van der Waals surface area (Å²) in [4.78, 5) is 10.9. The molecule has 0 amide bonds. The molecule has 0 aliphatic rings. The van der Waals surface area contributed by atoms with Crippen LogP contribution >= 0.6 is 0 Å². The van der Waals surface area contributed by atoms with Crippen LogP contribution in [-0.4, -0.2) is 26.2 Å². The molecular formula is C14H20FNO3. The predicted molar refractivity (Wildman–Crippen MR) is 70.5 cm³/mol. The van der Waals surface area contributed by atoms with Gasteiger partial charge in [-0.05, 0) is 30.7 Å². The van der Waals surface area contributed by atoms with Gasteiger partial charge in [-0.1, -0.05) is 6.92 Å². The van der Waals surface area contributed by atoms with Crippen LogP contribution in [0.3, 0.4) is 0 Å². The molecule has 0 aromatic heterocycles. The van der Waals surface area contributed by atoms with Gasteiger partial charge in [-0.3, -0.25) is 4.79 Å². The number of rotatable bonds is 8. The van der Waals surface area contributed by atoms with Gasteiger partial charge in [0, 0.05) is 12.6 Å². The molecule has 0 bridgehead atoms. The molecule has 5 heteroatoms. The molecule has 0 aliphatic carbocycles. The summed E-state index contributed by atoms with van der Waals surface area (Å²) in [6.07, 6.45) is 1.17. The van der Waals surface area contributed by atoms with Crippen LogP contribution in [0.25, 0.3) is 0 Å². The second-order valence-corrected chi connectivity index (χ2v) is 4.15. The predicted octanol–water partition coefficient (Wildman–Crippen LogP) is 2.27. The Hall–Kier alpha value is -1.62. The molecular weight excluding hydrogens is 249 g/mol. The highest BCUT2D eigenvalue weighted by molar-refractivity contribution is 5.69. The van der Waals surface area contributed by atoms with Gasteiger partial charge in [-0.2, -0.15) is 0 Å². The number of methoxy groups -OCH3 is 1. The van der Waals surface area contributed by atoms with Crippen LogP contribution in [0, 0.1) is 5.82 Å². The molecule has 0 atom stereocenters. The quantitative estimate of drug-likeness (QED) is 0.581. The molecule has 0 fully saturated rings. The van der Waals surface area contributed by atoms with Crippen LogP contribution in [0.1, 0.15) is 25.3 Å². The fourth-order valence-corrected chi connectivity index (χ4v) is 1.57. The second kappa shape index (κ2) is 8.48. The molecule has 0 unspecified atom stereocenters. The Balaban J connectivity index is 2.50. The van der Waals surface area contributed by atoms with Gasteiger partial charge < -0.3 is 14.8 Å². The molecule has 1 aromatic carbocycles. The average molecular weight is 269 g/mol. The zero-order chi connectivity index (χ0) is 14.1. The van der Waals surface area contributed by atoms with E-state index in [9.17, 15) is 9.18 Å². The lowest BCUT2D eigenvalue weighted by Crippen LogP contribution is -2.14. The van der Waals surface area contributed by atoms with Crippen molar-refractivity contribution in [3.8, 4) is 5.75 Å². The third-order valence-corrected chi connectivity index (χ3v) is 2.49. The molecule has 0 radical (unpaired) electrons. The Morgan fingerprint density at radius 3 is 2.84 bits per heavy atom. The first-order valence-corrected chi connectivity index (χ1v) is 6.35. The summed E-state index contributed by atoms with van der Waals surface area (Å²) in [5.74, 6) is -0.262. The topological polar surface area (TPSA) is 47.6 Å². The van der Waals surface area contributed by atoms with Crippen LogP contribution in [0.5, 0.6) is 5.75 Å². The summed E-state index contributed by atoms with van der Waals surface area (Å²) >= 11 is 0. The summed E-state index contributed by atoms with van der Waals surface area (Å²) < 4.78 is 23.2. The maximum absolute atomic E-state index is 13.4. The lowest BCUT2D eigenvalue weighted by molar-refractivity contribution is -0.141.